The van der Waals surface area contributed by atoms with Gasteiger partial charge in [0.15, 0.2) is 5.82 Å². The van der Waals surface area contributed by atoms with Crippen molar-refractivity contribution in [3.63, 3.8) is 0 Å². The molecule has 0 saturated carbocycles. The second kappa shape index (κ2) is 5.91. The molecule has 0 bridgehead atoms. The van der Waals surface area contributed by atoms with Gasteiger partial charge in [0.2, 0.25) is 0 Å². The number of ether oxygens (including phenoxy) is 1. The number of aromatic nitrogens is 3. The number of thioether (sulfide) groups is 1. The average molecular weight is 344 g/mol. The van der Waals surface area contributed by atoms with Crippen LogP contribution in [-0.4, -0.2) is 14.8 Å². The van der Waals surface area contributed by atoms with Crippen LogP contribution in [0, 0.1) is 6.92 Å². The Morgan fingerprint density at radius 3 is 2.96 bits per heavy atom. The van der Waals surface area contributed by atoms with Gasteiger partial charge in [0.1, 0.15) is 18.2 Å². The Kier molecular flexibility index (Phi) is 3.75. The minimum Gasteiger partial charge on any atom is -0.486 e. The van der Waals surface area contributed by atoms with Crippen molar-refractivity contribution < 1.29 is 4.74 Å². The third-order valence-corrected chi connectivity index (χ3v) is 5.24. The Labute approximate surface area is 143 Å². The molecule has 1 aliphatic heterocycles. The van der Waals surface area contributed by atoms with E-state index in [9.17, 15) is 0 Å². The molecule has 0 saturated heterocycles. The van der Waals surface area contributed by atoms with Crippen molar-refractivity contribution in [1.29, 1.82) is 0 Å². The number of hydrogen-bond acceptors (Lipinski definition) is 4. The number of rotatable bonds is 3. The quantitative estimate of drug-likeness (QED) is 0.706. The molecule has 23 heavy (non-hydrogen) atoms. The van der Waals surface area contributed by atoms with Gasteiger partial charge in [-0.2, -0.15) is 0 Å². The highest BCUT2D eigenvalue weighted by atomic mass is 35.5. The van der Waals surface area contributed by atoms with Crippen molar-refractivity contribution in [1.82, 2.24) is 14.8 Å². The fourth-order valence-electron chi connectivity index (χ4n) is 2.58. The molecule has 0 aliphatic carbocycles. The highest BCUT2D eigenvalue weighted by Gasteiger charge is 2.21. The first kappa shape index (κ1) is 14.6. The highest BCUT2D eigenvalue weighted by molar-refractivity contribution is 7.98. The second-order valence-corrected chi connectivity index (χ2v) is 6.75. The van der Waals surface area contributed by atoms with Crippen molar-refractivity contribution >= 4 is 23.4 Å². The summed E-state index contributed by atoms with van der Waals surface area (Å²) in [6.07, 6.45) is 0. The second-order valence-electron chi connectivity index (χ2n) is 5.32. The molecule has 4 nitrogen and oxygen atoms in total. The van der Waals surface area contributed by atoms with Crippen LogP contribution in [0.1, 0.15) is 17.2 Å². The highest BCUT2D eigenvalue weighted by Crippen LogP contribution is 2.35. The average Bonchev–Trinajstić information content (AvgIpc) is 2.99. The van der Waals surface area contributed by atoms with Crippen molar-refractivity contribution in [3.8, 4) is 11.4 Å². The van der Waals surface area contributed by atoms with E-state index in [1.165, 1.54) is 4.90 Å². The van der Waals surface area contributed by atoms with E-state index in [-0.39, 0.29) is 0 Å². The van der Waals surface area contributed by atoms with E-state index in [1.54, 1.807) is 11.8 Å². The number of fused-ring (bicyclic) bond motifs is 3. The van der Waals surface area contributed by atoms with Gasteiger partial charge in [-0.1, -0.05) is 23.7 Å². The van der Waals surface area contributed by atoms with E-state index in [4.69, 9.17) is 16.3 Å². The van der Waals surface area contributed by atoms with Gasteiger partial charge in [-0.15, -0.1) is 22.0 Å². The van der Waals surface area contributed by atoms with Crippen molar-refractivity contribution in [2.45, 2.75) is 24.2 Å². The molecule has 116 valence electrons. The van der Waals surface area contributed by atoms with Crippen LogP contribution < -0.4 is 4.74 Å². The van der Waals surface area contributed by atoms with Crippen LogP contribution in [0.25, 0.3) is 5.69 Å². The van der Waals surface area contributed by atoms with E-state index in [0.29, 0.717) is 6.61 Å². The molecule has 1 aliphatic rings. The molecular weight excluding hydrogens is 330 g/mol. The zero-order valence-corrected chi connectivity index (χ0v) is 14.1. The molecule has 0 N–H and O–H groups in total. The molecular formula is C17H14ClN3OS. The topological polar surface area (TPSA) is 39.9 Å². The SMILES string of the molecule is Cc1cc(OCc2nnc3n2-c2ccccc2SC3)ccc1Cl. The maximum absolute atomic E-state index is 6.05. The Hall–Kier alpha value is -1.98. The molecule has 4 rings (SSSR count). The standard InChI is InChI=1S/C17H14ClN3OS/c1-11-8-12(6-7-13(11)18)22-9-16-19-20-17-10-23-15-5-3-2-4-14(15)21(16)17/h2-8H,9-10H2,1H3. The zero-order chi connectivity index (χ0) is 15.8. The van der Waals surface area contributed by atoms with E-state index in [0.717, 1.165) is 39.4 Å². The van der Waals surface area contributed by atoms with Crippen molar-refractivity contribution in [3.05, 3.63) is 64.7 Å². The maximum Gasteiger partial charge on any atom is 0.175 e. The van der Waals surface area contributed by atoms with Gasteiger partial charge in [0.05, 0.1) is 11.4 Å². The number of benzene rings is 2. The number of hydrogen-bond donors (Lipinski definition) is 0. The van der Waals surface area contributed by atoms with Crippen LogP contribution in [0.4, 0.5) is 0 Å². The monoisotopic (exact) mass is 343 g/mol. The van der Waals surface area contributed by atoms with Crippen LogP contribution in [0.15, 0.2) is 47.4 Å². The van der Waals surface area contributed by atoms with Gasteiger partial charge in [-0.3, -0.25) is 4.57 Å². The third-order valence-electron chi connectivity index (χ3n) is 3.76. The summed E-state index contributed by atoms with van der Waals surface area (Å²) >= 11 is 7.83. The lowest BCUT2D eigenvalue weighted by atomic mass is 10.2. The molecule has 6 heteroatoms. The van der Waals surface area contributed by atoms with Gasteiger partial charge in [0.25, 0.3) is 0 Å². The van der Waals surface area contributed by atoms with Gasteiger partial charge in [-0.25, -0.2) is 0 Å². The molecule has 2 heterocycles. The van der Waals surface area contributed by atoms with E-state index >= 15 is 0 Å². The molecule has 0 unspecified atom stereocenters. The van der Waals surface area contributed by atoms with Crippen LogP contribution in [0.2, 0.25) is 5.02 Å². The zero-order valence-electron chi connectivity index (χ0n) is 12.5. The lowest BCUT2D eigenvalue weighted by molar-refractivity contribution is 0.293. The molecule has 3 aromatic rings. The van der Waals surface area contributed by atoms with Crippen molar-refractivity contribution in [2.75, 3.05) is 0 Å². The summed E-state index contributed by atoms with van der Waals surface area (Å²) in [6.45, 7) is 2.33. The largest absolute Gasteiger partial charge is 0.486 e. The van der Waals surface area contributed by atoms with Crippen LogP contribution >= 0.6 is 23.4 Å². The number of para-hydroxylation sites is 1. The van der Waals surface area contributed by atoms with Crippen molar-refractivity contribution in [2.24, 2.45) is 0 Å². The summed E-state index contributed by atoms with van der Waals surface area (Å²) in [4.78, 5) is 1.24. The first-order chi connectivity index (χ1) is 11.2. The first-order valence-corrected chi connectivity index (χ1v) is 8.63. The Morgan fingerprint density at radius 2 is 2.09 bits per heavy atom. The molecule has 2 aromatic carbocycles. The number of nitrogens with zero attached hydrogens (tertiary/aromatic N) is 3. The fraction of sp³-hybridized carbons (Fsp3) is 0.176. The van der Waals surface area contributed by atoms with E-state index in [1.807, 2.05) is 37.3 Å². The van der Waals surface area contributed by atoms with Crippen LogP contribution in [0.3, 0.4) is 0 Å². The minimum absolute atomic E-state index is 0.368. The molecule has 0 amide bonds. The van der Waals surface area contributed by atoms with Gasteiger partial charge < -0.3 is 4.74 Å². The van der Waals surface area contributed by atoms with Crippen LogP contribution in [0.5, 0.6) is 5.75 Å². The van der Waals surface area contributed by atoms with E-state index < -0.39 is 0 Å². The Bertz CT molecular complexity index is 878. The van der Waals surface area contributed by atoms with E-state index in [2.05, 4.69) is 26.9 Å². The smallest absolute Gasteiger partial charge is 0.175 e. The van der Waals surface area contributed by atoms with Gasteiger partial charge in [0, 0.05) is 9.92 Å². The minimum atomic E-state index is 0.368. The maximum atomic E-state index is 6.05. The number of aryl methyl sites for hydroxylation is 1. The molecule has 1 aromatic heterocycles. The first-order valence-electron chi connectivity index (χ1n) is 7.27. The molecule has 0 fully saturated rings. The Morgan fingerprint density at radius 1 is 1.22 bits per heavy atom. The van der Waals surface area contributed by atoms with Crippen LogP contribution in [-0.2, 0) is 12.4 Å². The molecule has 0 atom stereocenters. The third kappa shape index (κ3) is 2.71. The van der Waals surface area contributed by atoms with Gasteiger partial charge >= 0.3 is 0 Å². The summed E-state index contributed by atoms with van der Waals surface area (Å²) in [5.74, 6) is 3.37. The predicted molar refractivity (Wildman–Crippen MR) is 91.4 cm³/mol. The summed E-state index contributed by atoms with van der Waals surface area (Å²) < 4.78 is 7.97. The van der Waals surface area contributed by atoms with Gasteiger partial charge in [-0.05, 0) is 42.8 Å². The normalized spacial score (nSPS) is 12.6. The summed E-state index contributed by atoms with van der Waals surface area (Å²) in [5.41, 5.74) is 2.11. The summed E-state index contributed by atoms with van der Waals surface area (Å²) in [6, 6.07) is 13.9. The predicted octanol–water partition coefficient (Wildman–Crippen LogP) is 4.41. The summed E-state index contributed by atoms with van der Waals surface area (Å²) in [7, 11) is 0. The lowest BCUT2D eigenvalue weighted by Gasteiger charge is -2.18. The summed E-state index contributed by atoms with van der Waals surface area (Å²) in [5, 5.41) is 9.33. The number of halogens is 1. The molecule has 0 spiro atoms. The Balaban J connectivity index is 1.62. The lowest BCUT2D eigenvalue weighted by Crippen LogP contribution is -2.11. The fourth-order valence-corrected chi connectivity index (χ4v) is 3.65. The molecule has 0 radical (unpaired) electrons.